The van der Waals surface area contributed by atoms with Crippen LogP contribution in [0.15, 0.2) is 35.7 Å². The number of hydrogen-bond acceptors (Lipinski definition) is 4. The van der Waals surface area contributed by atoms with Crippen LogP contribution in [0.25, 0.3) is 10.9 Å². The van der Waals surface area contributed by atoms with Gasteiger partial charge in [0.15, 0.2) is 10.8 Å². The number of aryl methyl sites for hydroxylation is 2. The van der Waals surface area contributed by atoms with E-state index in [4.69, 9.17) is 0 Å². The molecule has 3 rings (SSSR count). The molecule has 1 N–H and O–H groups in total. The van der Waals surface area contributed by atoms with Gasteiger partial charge in [0.25, 0.3) is 10.0 Å². The fourth-order valence-corrected chi connectivity index (χ4v) is 3.73. The monoisotopic (exact) mass is 347 g/mol. The molecule has 0 aliphatic heterocycles. The van der Waals surface area contributed by atoms with E-state index in [-0.39, 0.29) is 10.4 Å². The molecule has 128 valence electrons. The Morgan fingerprint density at radius 3 is 2.46 bits per heavy atom. The highest BCUT2D eigenvalue weighted by molar-refractivity contribution is 7.92. The first-order chi connectivity index (χ1) is 11.1. The van der Waals surface area contributed by atoms with Crippen LogP contribution in [-0.4, -0.2) is 27.7 Å². The Morgan fingerprint density at radius 1 is 1.17 bits per heavy atom. The minimum atomic E-state index is -3.78. The lowest BCUT2D eigenvalue weighted by molar-refractivity contribution is 0.590. The molecule has 0 unspecified atom stereocenters. The first-order valence-electron chi connectivity index (χ1n) is 7.56. The first kappa shape index (κ1) is 16.5. The summed E-state index contributed by atoms with van der Waals surface area (Å²) in [5, 5.41) is 5.11. The summed E-state index contributed by atoms with van der Waals surface area (Å²) in [4.78, 5) is 3.91. The number of benzene rings is 1. The van der Waals surface area contributed by atoms with Gasteiger partial charge in [-0.05, 0) is 17.0 Å². The summed E-state index contributed by atoms with van der Waals surface area (Å²) in [6, 6.07) is 5.83. The molecule has 24 heavy (non-hydrogen) atoms. The van der Waals surface area contributed by atoms with Gasteiger partial charge >= 0.3 is 0 Å². The number of imidazole rings is 1. The highest BCUT2D eigenvalue weighted by Gasteiger charge is 2.24. The van der Waals surface area contributed by atoms with Crippen LogP contribution in [-0.2, 0) is 29.5 Å². The average Bonchev–Trinajstić information content (AvgIpc) is 3.03. The van der Waals surface area contributed by atoms with Crippen molar-refractivity contribution in [1.82, 2.24) is 19.3 Å². The summed E-state index contributed by atoms with van der Waals surface area (Å²) in [5.41, 5.74) is 1.95. The molecule has 0 saturated heterocycles. The maximum absolute atomic E-state index is 12.5. The third kappa shape index (κ3) is 2.77. The molecule has 2 aromatic heterocycles. The van der Waals surface area contributed by atoms with Gasteiger partial charge in [0, 0.05) is 25.7 Å². The zero-order chi connectivity index (χ0) is 17.7. The number of rotatable bonds is 3. The van der Waals surface area contributed by atoms with Gasteiger partial charge < -0.3 is 4.57 Å². The van der Waals surface area contributed by atoms with E-state index in [9.17, 15) is 8.42 Å². The molecule has 0 aliphatic rings. The van der Waals surface area contributed by atoms with Gasteiger partial charge in [-0.1, -0.05) is 32.9 Å². The number of sulfonamides is 1. The smallest absolute Gasteiger partial charge is 0.282 e. The Morgan fingerprint density at radius 2 is 1.88 bits per heavy atom. The van der Waals surface area contributed by atoms with Crippen LogP contribution in [0.4, 0.5) is 5.82 Å². The molecule has 2 heterocycles. The number of fused-ring (bicyclic) bond motifs is 1. The second kappa shape index (κ2) is 5.34. The fraction of sp³-hybridized carbons (Fsp3) is 0.375. The Labute approximate surface area is 141 Å². The van der Waals surface area contributed by atoms with Crippen molar-refractivity contribution in [2.45, 2.75) is 31.2 Å². The normalized spacial score (nSPS) is 12.7. The lowest BCUT2D eigenvalue weighted by Crippen LogP contribution is -2.14. The summed E-state index contributed by atoms with van der Waals surface area (Å²) >= 11 is 0. The van der Waals surface area contributed by atoms with Gasteiger partial charge in [-0.25, -0.2) is 4.98 Å². The summed E-state index contributed by atoms with van der Waals surface area (Å²) in [7, 11) is -0.241. The van der Waals surface area contributed by atoms with Crippen molar-refractivity contribution in [3.05, 3.63) is 36.3 Å². The molecule has 0 amide bonds. The van der Waals surface area contributed by atoms with Crippen molar-refractivity contribution in [2.24, 2.45) is 14.1 Å². The third-order valence-corrected chi connectivity index (χ3v) is 5.08. The van der Waals surface area contributed by atoms with Gasteiger partial charge in [0.1, 0.15) is 0 Å². The number of para-hydroxylation sites is 1. The SMILES string of the molecule is Cn1cnc(S(=O)(=O)Nc2nn(C)c3c(C(C)(C)C)cccc23)c1. The van der Waals surface area contributed by atoms with Gasteiger partial charge in [-0.15, -0.1) is 0 Å². The van der Waals surface area contributed by atoms with Gasteiger partial charge in [0.2, 0.25) is 0 Å². The number of hydrogen-bond donors (Lipinski definition) is 1. The van der Waals surface area contributed by atoms with E-state index >= 15 is 0 Å². The Kier molecular flexibility index (Phi) is 3.67. The zero-order valence-electron chi connectivity index (χ0n) is 14.4. The van der Waals surface area contributed by atoms with Gasteiger partial charge in [0.05, 0.1) is 11.8 Å². The number of nitrogens with zero attached hydrogens (tertiary/aromatic N) is 4. The molecular formula is C16H21N5O2S. The highest BCUT2D eigenvalue weighted by atomic mass is 32.2. The topological polar surface area (TPSA) is 81.8 Å². The quantitative estimate of drug-likeness (QED) is 0.789. The summed E-state index contributed by atoms with van der Waals surface area (Å²) in [6.07, 6.45) is 2.90. The maximum atomic E-state index is 12.5. The molecule has 3 aromatic rings. The van der Waals surface area contributed by atoms with Crippen molar-refractivity contribution in [3.63, 3.8) is 0 Å². The second-order valence-electron chi connectivity index (χ2n) is 6.91. The first-order valence-corrected chi connectivity index (χ1v) is 9.05. The minimum Gasteiger partial charge on any atom is -0.339 e. The molecule has 8 heteroatoms. The van der Waals surface area contributed by atoms with Crippen LogP contribution < -0.4 is 4.72 Å². The molecular weight excluding hydrogens is 326 g/mol. The zero-order valence-corrected chi connectivity index (χ0v) is 15.2. The fourth-order valence-electron chi connectivity index (χ4n) is 2.72. The van der Waals surface area contributed by atoms with Crippen LogP contribution in [0.5, 0.6) is 0 Å². The van der Waals surface area contributed by atoms with Gasteiger partial charge in [-0.3, -0.25) is 9.40 Å². The van der Waals surface area contributed by atoms with Crippen molar-refractivity contribution < 1.29 is 8.42 Å². The van der Waals surface area contributed by atoms with Crippen molar-refractivity contribution in [3.8, 4) is 0 Å². The predicted octanol–water partition coefficient (Wildman–Crippen LogP) is 2.41. The summed E-state index contributed by atoms with van der Waals surface area (Å²) in [5.74, 6) is 0.309. The van der Waals surface area contributed by atoms with E-state index in [0.717, 1.165) is 16.5 Å². The second-order valence-corrected chi connectivity index (χ2v) is 8.54. The molecule has 0 radical (unpaired) electrons. The van der Waals surface area contributed by atoms with Crippen molar-refractivity contribution in [2.75, 3.05) is 4.72 Å². The summed E-state index contributed by atoms with van der Waals surface area (Å²) < 4.78 is 30.9. The van der Waals surface area contributed by atoms with Crippen LogP contribution in [0.1, 0.15) is 26.3 Å². The highest BCUT2D eigenvalue weighted by Crippen LogP contribution is 2.33. The lowest BCUT2D eigenvalue weighted by atomic mass is 9.86. The van der Waals surface area contributed by atoms with Crippen molar-refractivity contribution >= 4 is 26.7 Å². The van der Waals surface area contributed by atoms with E-state index in [0.29, 0.717) is 5.82 Å². The number of aromatic nitrogens is 4. The van der Waals surface area contributed by atoms with E-state index in [1.54, 1.807) is 16.3 Å². The Hall–Kier alpha value is -2.35. The van der Waals surface area contributed by atoms with E-state index in [1.165, 1.54) is 12.5 Å². The van der Waals surface area contributed by atoms with Gasteiger partial charge in [-0.2, -0.15) is 13.5 Å². The van der Waals surface area contributed by atoms with Crippen LogP contribution in [0.2, 0.25) is 0 Å². The van der Waals surface area contributed by atoms with E-state index in [1.807, 2.05) is 25.2 Å². The van der Waals surface area contributed by atoms with Crippen LogP contribution in [0.3, 0.4) is 0 Å². The van der Waals surface area contributed by atoms with Crippen LogP contribution >= 0.6 is 0 Å². The molecule has 0 spiro atoms. The van der Waals surface area contributed by atoms with Crippen molar-refractivity contribution in [1.29, 1.82) is 0 Å². The number of nitrogens with one attached hydrogen (secondary N) is 1. The lowest BCUT2D eigenvalue weighted by Gasteiger charge is -2.20. The Bertz CT molecular complexity index is 1010. The van der Waals surface area contributed by atoms with E-state index < -0.39 is 10.0 Å². The van der Waals surface area contributed by atoms with Crippen LogP contribution in [0, 0.1) is 0 Å². The minimum absolute atomic E-state index is 0.0317. The molecule has 0 saturated carbocycles. The Balaban J connectivity index is 2.12. The molecule has 7 nitrogen and oxygen atoms in total. The summed E-state index contributed by atoms with van der Waals surface area (Å²) in [6.45, 7) is 6.35. The molecule has 1 aromatic carbocycles. The maximum Gasteiger partial charge on any atom is 0.282 e. The standard InChI is InChI=1S/C16H21N5O2S/c1-16(2,3)12-8-6-7-11-14(12)21(5)18-15(11)19-24(22,23)13-9-20(4)10-17-13/h6-10H,1-5H3,(H,18,19). The molecule has 0 atom stereocenters. The third-order valence-electron chi connectivity index (χ3n) is 3.86. The van der Waals surface area contributed by atoms with E-state index in [2.05, 4.69) is 35.6 Å². The molecule has 0 bridgehead atoms. The number of anilines is 1. The largest absolute Gasteiger partial charge is 0.339 e. The molecule has 0 fully saturated rings. The average molecular weight is 347 g/mol. The predicted molar refractivity (Wildman–Crippen MR) is 93.4 cm³/mol. The molecule has 0 aliphatic carbocycles.